The van der Waals surface area contributed by atoms with Gasteiger partial charge < -0.3 is 4.74 Å². The van der Waals surface area contributed by atoms with Crippen molar-refractivity contribution < 1.29 is 9.53 Å². The number of rotatable bonds is 5. The fourth-order valence-corrected chi connectivity index (χ4v) is 1.98. The SMILES string of the molecule is CCC1CN(C(C)CCC(=O)NN)CCO1. The van der Waals surface area contributed by atoms with Crippen molar-refractivity contribution in [3.05, 3.63) is 0 Å². The summed E-state index contributed by atoms with van der Waals surface area (Å²) in [5.74, 6) is 4.96. The molecule has 16 heavy (non-hydrogen) atoms. The number of nitrogens with two attached hydrogens (primary N) is 1. The van der Waals surface area contributed by atoms with Gasteiger partial charge in [0.15, 0.2) is 0 Å². The molecule has 1 rings (SSSR count). The van der Waals surface area contributed by atoms with E-state index < -0.39 is 0 Å². The van der Waals surface area contributed by atoms with Gasteiger partial charge in [0.1, 0.15) is 0 Å². The van der Waals surface area contributed by atoms with Crippen LogP contribution in [0.5, 0.6) is 0 Å². The van der Waals surface area contributed by atoms with Crippen LogP contribution in [-0.4, -0.2) is 42.6 Å². The van der Waals surface area contributed by atoms with E-state index in [4.69, 9.17) is 10.6 Å². The summed E-state index contributed by atoms with van der Waals surface area (Å²) in [5.41, 5.74) is 2.16. The summed E-state index contributed by atoms with van der Waals surface area (Å²) in [7, 11) is 0. The predicted molar refractivity (Wildman–Crippen MR) is 62.6 cm³/mol. The van der Waals surface area contributed by atoms with E-state index >= 15 is 0 Å². The molecule has 0 radical (unpaired) electrons. The first-order valence-corrected chi connectivity index (χ1v) is 6.02. The van der Waals surface area contributed by atoms with Gasteiger partial charge in [-0.15, -0.1) is 0 Å². The van der Waals surface area contributed by atoms with Crippen LogP contribution in [0.2, 0.25) is 0 Å². The van der Waals surface area contributed by atoms with Gasteiger partial charge in [-0.3, -0.25) is 15.1 Å². The first-order valence-electron chi connectivity index (χ1n) is 6.02. The van der Waals surface area contributed by atoms with Gasteiger partial charge in [-0.1, -0.05) is 6.92 Å². The van der Waals surface area contributed by atoms with Crippen molar-refractivity contribution in [1.29, 1.82) is 0 Å². The summed E-state index contributed by atoms with van der Waals surface area (Å²) in [6, 6.07) is 0.412. The monoisotopic (exact) mass is 229 g/mol. The molecule has 5 nitrogen and oxygen atoms in total. The number of carbonyl (C=O) groups is 1. The zero-order valence-corrected chi connectivity index (χ0v) is 10.2. The summed E-state index contributed by atoms with van der Waals surface area (Å²) >= 11 is 0. The van der Waals surface area contributed by atoms with Crippen LogP contribution >= 0.6 is 0 Å². The quantitative estimate of drug-likeness (QED) is 0.403. The third kappa shape index (κ3) is 4.08. The Morgan fingerprint density at radius 1 is 1.69 bits per heavy atom. The van der Waals surface area contributed by atoms with E-state index in [0.717, 1.165) is 32.5 Å². The summed E-state index contributed by atoms with van der Waals surface area (Å²) in [6.07, 6.45) is 2.73. The second-order valence-corrected chi connectivity index (χ2v) is 4.35. The van der Waals surface area contributed by atoms with Crippen LogP contribution in [-0.2, 0) is 9.53 Å². The second-order valence-electron chi connectivity index (χ2n) is 4.35. The van der Waals surface area contributed by atoms with Crippen LogP contribution in [0, 0.1) is 0 Å². The minimum absolute atomic E-state index is 0.0906. The van der Waals surface area contributed by atoms with Crippen molar-refractivity contribution in [2.75, 3.05) is 19.7 Å². The first kappa shape index (κ1) is 13.4. The van der Waals surface area contributed by atoms with Crippen LogP contribution in [0.4, 0.5) is 0 Å². The topological polar surface area (TPSA) is 67.6 Å². The molecule has 0 saturated carbocycles. The smallest absolute Gasteiger partial charge is 0.233 e. The Morgan fingerprint density at radius 3 is 3.06 bits per heavy atom. The maximum Gasteiger partial charge on any atom is 0.233 e. The van der Waals surface area contributed by atoms with E-state index in [1.807, 2.05) is 0 Å². The lowest BCUT2D eigenvalue weighted by Crippen LogP contribution is -2.46. The Bertz CT molecular complexity index is 223. The maximum atomic E-state index is 11.0. The normalized spacial score (nSPS) is 24.1. The number of morpholine rings is 1. The average Bonchev–Trinajstić information content (AvgIpc) is 2.35. The van der Waals surface area contributed by atoms with Gasteiger partial charge in [-0.25, -0.2) is 5.84 Å². The number of ether oxygens (including phenoxy) is 1. The van der Waals surface area contributed by atoms with Gasteiger partial charge >= 0.3 is 0 Å². The molecule has 1 heterocycles. The number of carbonyl (C=O) groups excluding carboxylic acids is 1. The maximum absolute atomic E-state index is 11.0. The third-order valence-corrected chi connectivity index (χ3v) is 3.20. The van der Waals surface area contributed by atoms with Crippen LogP contribution in [0.15, 0.2) is 0 Å². The lowest BCUT2D eigenvalue weighted by molar-refractivity contribution is -0.121. The molecule has 0 aromatic heterocycles. The highest BCUT2D eigenvalue weighted by Crippen LogP contribution is 2.14. The van der Waals surface area contributed by atoms with Crippen LogP contribution in [0.1, 0.15) is 33.1 Å². The van der Waals surface area contributed by atoms with Crippen molar-refractivity contribution in [3.63, 3.8) is 0 Å². The van der Waals surface area contributed by atoms with Crippen LogP contribution in [0.25, 0.3) is 0 Å². The average molecular weight is 229 g/mol. The highest BCUT2D eigenvalue weighted by atomic mass is 16.5. The predicted octanol–water partition coefficient (Wildman–Crippen LogP) is 0.256. The van der Waals surface area contributed by atoms with Gasteiger partial charge in [-0.2, -0.15) is 0 Å². The Hall–Kier alpha value is -0.650. The number of nitrogens with zero attached hydrogens (tertiary/aromatic N) is 1. The Kier molecular flexibility index (Phi) is 5.73. The third-order valence-electron chi connectivity index (χ3n) is 3.20. The highest BCUT2D eigenvalue weighted by Gasteiger charge is 2.22. The number of hydrazine groups is 1. The number of hydrogen-bond donors (Lipinski definition) is 2. The molecule has 0 aromatic rings. The number of amides is 1. The van der Waals surface area contributed by atoms with E-state index in [0.29, 0.717) is 18.6 Å². The molecular formula is C11H23N3O2. The zero-order chi connectivity index (χ0) is 12.0. The first-order chi connectivity index (χ1) is 7.67. The standard InChI is InChI=1S/C11H23N3O2/c1-3-10-8-14(6-7-16-10)9(2)4-5-11(15)13-12/h9-10H,3-8,12H2,1-2H3,(H,13,15). The Labute approximate surface area is 97.3 Å². The van der Waals surface area contributed by atoms with Gasteiger partial charge in [0.2, 0.25) is 5.91 Å². The van der Waals surface area contributed by atoms with Crippen LogP contribution < -0.4 is 11.3 Å². The van der Waals surface area contributed by atoms with E-state index in [-0.39, 0.29) is 5.91 Å². The Morgan fingerprint density at radius 2 is 2.44 bits per heavy atom. The minimum atomic E-state index is -0.0906. The molecule has 0 aliphatic carbocycles. The summed E-state index contributed by atoms with van der Waals surface area (Å²) in [5, 5.41) is 0. The van der Waals surface area contributed by atoms with Crippen molar-refractivity contribution in [2.45, 2.75) is 45.3 Å². The Balaban J connectivity index is 2.29. The highest BCUT2D eigenvalue weighted by molar-refractivity contribution is 5.75. The van der Waals surface area contributed by atoms with Gasteiger partial charge in [0, 0.05) is 25.6 Å². The zero-order valence-electron chi connectivity index (χ0n) is 10.2. The molecule has 1 fully saturated rings. The molecule has 2 atom stereocenters. The molecule has 1 amide bonds. The molecule has 3 N–H and O–H groups in total. The van der Waals surface area contributed by atoms with E-state index in [2.05, 4.69) is 24.2 Å². The molecule has 0 spiro atoms. The fraction of sp³-hybridized carbons (Fsp3) is 0.909. The molecule has 2 unspecified atom stereocenters. The van der Waals surface area contributed by atoms with Gasteiger partial charge in [-0.05, 0) is 19.8 Å². The molecule has 1 aliphatic rings. The van der Waals surface area contributed by atoms with Gasteiger partial charge in [0.25, 0.3) is 0 Å². The molecule has 1 aliphatic heterocycles. The molecule has 0 bridgehead atoms. The lowest BCUT2D eigenvalue weighted by Gasteiger charge is -2.36. The van der Waals surface area contributed by atoms with E-state index in [9.17, 15) is 4.79 Å². The fourth-order valence-electron chi connectivity index (χ4n) is 1.98. The lowest BCUT2D eigenvalue weighted by atomic mass is 10.1. The molecule has 0 aromatic carbocycles. The summed E-state index contributed by atoms with van der Waals surface area (Å²) < 4.78 is 5.61. The molecule has 1 saturated heterocycles. The van der Waals surface area contributed by atoms with Crippen LogP contribution in [0.3, 0.4) is 0 Å². The summed E-state index contributed by atoms with van der Waals surface area (Å²) in [6.45, 7) is 7.03. The van der Waals surface area contributed by atoms with E-state index in [1.54, 1.807) is 0 Å². The number of hydrogen-bond acceptors (Lipinski definition) is 4. The second kappa shape index (κ2) is 6.83. The largest absolute Gasteiger partial charge is 0.376 e. The van der Waals surface area contributed by atoms with Crippen molar-refractivity contribution in [2.24, 2.45) is 5.84 Å². The van der Waals surface area contributed by atoms with Crippen molar-refractivity contribution in [3.8, 4) is 0 Å². The number of nitrogens with one attached hydrogen (secondary N) is 1. The van der Waals surface area contributed by atoms with E-state index in [1.165, 1.54) is 0 Å². The van der Waals surface area contributed by atoms with Crippen molar-refractivity contribution >= 4 is 5.91 Å². The van der Waals surface area contributed by atoms with Crippen molar-refractivity contribution in [1.82, 2.24) is 10.3 Å². The molecular weight excluding hydrogens is 206 g/mol. The summed E-state index contributed by atoms with van der Waals surface area (Å²) in [4.78, 5) is 13.4. The minimum Gasteiger partial charge on any atom is -0.376 e. The van der Waals surface area contributed by atoms with Gasteiger partial charge in [0.05, 0.1) is 12.7 Å². The molecule has 5 heteroatoms. The molecule has 94 valence electrons.